The molecule has 0 saturated heterocycles. The minimum atomic E-state index is -0.322. The molecule has 27 heavy (non-hydrogen) atoms. The lowest BCUT2D eigenvalue weighted by Crippen LogP contribution is -2.13. The van der Waals surface area contributed by atoms with Crippen molar-refractivity contribution in [1.29, 1.82) is 0 Å². The van der Waals surface area contributed by atoms with E-state index in [1.807, 2.05) is 33.0 Å². The summed E-state index contributed by atoms with van der Waals surface area (Å²) in [7, 11) is 0. The molecule has 0 amide bonds. The van der Waals surface area contributed by atoms with E-state index in [0.717, 1.165) is 40.0 Å². The predicted octanol–water partition coefficient (Wildman–Crippen LogP) is 5.40. The Kier molecular flexibility index (Phi) is 4.21. The summed E-state index contributed by atoms with van der Waals surface area (Å²) >= 11 is 0. The van der Waals surface area contributed by atoms with Crippen LogP contribution in [0, 0.1) is 18.2 Å². The molecule has 0 atom stereocenters. The summed E-state index contributed by atoms with van der Waals surface area (Å²) in [5.74, 6) is 0.298. The highest BCUT2D eigenvalue weighted by atomic mass is 19.1. The molecule has 1 fully saturated rings. The van der Waals surface area contributed by atoms with Crippen molar-refractivity contribution >= 4 is 28.4 Å². The molecule has 1 aliphatic rings. The lowest BCUT2D eigenvalue weighted by Gasteiger charge is -2.10. The fraction of sp³-hybridized carbons (Fsp3) is 0.381. The molecule has 0 radical (unpaired) electrons. The Labute approximate surface area is 158 Å². The molecule has 1 aliphatic carbocycles. The third-order valence-corrected chi connectivity index (χ3v) is 5.11. The molecular weight excluding hydrogens is 341 g/mol. The number of H-pyrrole nitrogens is 1. The van der Waals surface area contributed by atoms with Gasteiger partial charge in [-0.1, -0.05) is 6.92 Å². The largest absolute Gasteiger partial charge is 0.354 e. The number of hydrogen-bond acceptors (Lipinski definition) is 4. The van der Waals surface area contributed by atoms with Gasteiger partial charge in [-0.3, -0.25) is 4.99 Å². The van der Waals surface area contributed by atoms with Crippen molar-refractivity contribution in [3.05, 3.63) is 35.9 Å². The van der Waals surface area contributed by atoms with Gasteiger partial charge in [0, 0.05) is 35.6 Å². The van der Waals surface area contributed by atoms with Gasteiger partial charge in [-0.25, -0.2) is 9.37 Å². The Hall–Kier alpha value is -2.76. The zero-order chi connectivity index (χ0) is 19.2. The molecule has 5 nitrogen and oxygen atoms in total. The Morgan fingerprint density at radius 2 is 2.11 bits per heavy atom. The topological polar surface area (TPSA) is 66.0 Å². The number of rotatable bonds is 5. The van der Waals surface area contributed by atoms with Crippen molar-refractivity contribution in [2.24, 2.45) is 10.4 Å². The first-order chi connectivity index (χ1) is 12.8. The maximum Gasteiger partial charge on any atom is 0.224 e. The van der Waals surface area contributed by atoms with Crippen LogP contribution in [-0.4, -0.2) is 27.2 Å². The van der Waals surface area contributed by atoms with Crippen LogP contribution >= 0.6 is 0 Å². The van der Waals surface area contributed by atoms with Gasteiger partial charge in [0.25, 0.3) is 0 Å². The number of halogens is 1. The van der Waals surface area contributed by atoms with Crippen molar-refractivity contribution in [3.8, 4) is 11.1 Å². The monoisotopic (exact) mass is 365 g/mol. The standard InChI is InChI=1S/C21H24FN5/c1-12(2)26-18-13(3)7-14(8-17(18)22)15-9-23-19-16(15)10-24-20(27-19)25-11-21(4)5-6-21/h7-10H,5-6,11H2,1-4H3,(H2,23,24,25,27). The van der Waals surface area contributed by atoms with Gasteiger partial charge in [0.2, 0.25) is 5.95 Å². The first kappa shape index (κ1) is 17.6. The summed E-state index contributed by atoms with van der Waals surface area (Å²) in [5.41, 5.74) is 4.83. The second-order valence-electron chi connectivity index (χ2n) is 8.01. The Morgan fingerprint density at radius 3 is 2.78 bits per heavy atom. The molecule has 0 aliphatic heterocycles. The smallest absolute Gasteiger partial charge is 0.224 e. The molecule has 1 aromatic carbocycles. The highest BCUT2D eigenvalue weighted by Crippen LogP contribution is 2.44. The highest BCUT2D eigenvalue weighted by molar-refractivity contribution is 5.94. The molecule has 4 rings (SSSR count). The van der Waals surface area contributed by atoms with Gasteiger partial charge in [-0.2, -0.15) is 4.98 Å². The molecule has 0 spiro atoms. The van der Waals surface area contributed by atoms with Crippen LogP contribution in [0.1, 0.15) is 39.2 Å². The first-order valence-corrected chi connectivity index (χ1v) is 9.25. The number of nitrogens with one attached hydrogen (secondary N) is 2. The second-order valence-corrected chi connectivity index (χ2v) is 8.01. The van der Waals surface area contributed by atoms with Crippen molar-refractivity contribution in [1.82, 2.24) is 15.0 Å². The molecule has 2 N–H and O–H groups in total. The van der Waals surface area contributed by atoms with E-state index < -0.39 is 0 Å². The Bertz CT molecular complexity index is 1020. The SMILES string of the molecule is CC(C)=Nc1c(C)cc(-c2c[nH]c3nc(NCC4(C)CC4)ncc23)cc1F. The molecule has 2 aromatic heterocycles. The van der Waals surface area contributed by atoms with E-state index in [1.54, 1.807) is 6.20 Å². The van der Waals surface area contributed by atoms with Crippen molar-refractivity contribution in [2.45, 2.75) is 40.5 Å². The first-order valence-electron chi connectivity index (χ1n) is 9.25. The third-order valence-electron chi connectivity index (χ3n) is 5.11. The van der Waals surface area contributed by atoms with E-state index in [9.17, 15) is 4.39 Å². The van der Waals surface area contributed by atoms with Crippen molar-refractivity contribution in [2.75, 3.05) is 11.9 Å². The Morgan fingerprint density at radius 1 is 1.33 bits per heavy atom. The van der Waals surface area contributed by atoms with E-state index in [1.165, 1.54) is 18.9 Å². The van der Waals surface area contributed by atoms with E-state index in [4.69, 9.17) is 0 Å². The predicted molar refractivity (Wildman–Crippen MR) is 108 cm³/mol. The maximum atomic E-state index is 14.6. The summed E-state index contributed by atoms with van der Waals surface area (Å²) in [6.07, 6.45) is 6.14. The molecule has 3 aromatic rings. The van der Waals surface area contributed by atoms with Crippen LogP contribution in [0.15, 0.2) is 29.5 Å². The summed E-state index contributed by atoms with van der Waals surface area (Å²) in [4.78, 5) is 16.5. The summed E-state index contributed by atoms with van der Waals surface area (Å²) in [5, 5.41) is 4.19. The van der Waals surface area contributed by atoms with E-state index in [2.05, 4.69) is 32.2 Å². The Balaban J connectivity index is 1.67. The van der Waals surface area contributed by atoms with Gasteiger partial charge in [-0.05, 0) is 62.3 Å². The van der Waals surface area contributed by atoms with Crippen LogP contribution in [0.4, 0.5) is 16.0 Å². The van der Waals surface area contributed by atoms with Crippen LogP contribution in [0.25, 0.3) is 22.2 Å². The number of aromatic amines is 1. The molecule has 2 heterocycles. The molecule has 6 heteroatoms. The fourth-order valence-corrected chi connectivity index (χ4v) is 3.17. The van der Waals surface area contributed by atoms with Gasteiger partial charge in [-0.15, -0.1) is 0 Å². The number of aliphatic imine (C=N–C) groups is 1. The van der Waals surface area contributed by atoms with Gasteiger partial charge >= 0.3 is 0 Å². The van der Waals surface area contributed by atoms with Crippen LogP contribution < -0.4 is 5.32 Å². The average Bonchev–Trinajstić information content (AvgIpc) is 3.20. The van der Waals surface area contributed by atoms with E-state index in [0.29, 0.717) is 17.1 Å². The number of fused-ring (bicyclic) bond motifs is 1. The zero-order valence-corrected chi connectivity index (χ0v) is 16.2. The quantitative estimate of drug-likeness (QED) is 0.595. The minimum absolute atomic E-state index is 0.322. The fourth-order valence-electron chi connectivity index (χ4n) is 3.17. The number of anilines is 1. The van der Waals surface area contributed by atoms with Gasteiger partial charge in [0.15, 0.2) is 0 Å². The van der Waals surface area contributed by atoms with Crippen LogP contribution in [-0.2, 0) is 0 Å². The summed E-state index contributed by atoms with van der Waals surface area (Å²) in [6.45, 7) is 8.74. The van der Waals surface area contributed by atoms with Crippen molar-refractivity contribution < 1.29 is 4.39 Å². The van der Waals surface area contributed by atoms with Gasteiger partial charge < -0.3 is 10.3 Å². The minimum Gasteiger partial charge on any atom is -0.354 e. The van der Waals surface area contributed by atoms with Gasteiger partial charge in [0.05, 0.1) is 0 Å². The summed E-state index contributed by atoms with van der Waals surface area (Å²) in [6, 6.07) is 3.48. The zero-order valence-electron chi connectivity index (χ0n) is 16.2. The average molecular weight is 365 g/mol. The van der Waals surface area contributed by atoms with Gasteiger partial charge in [0.1, 0.15) is 17.2 Å². The lowest BCUT2D eigenvalue weighted by atomic mass is 10.0. The molecule has 1 saturated carbocycles. The number of benzene rings is 1. The number of aryl methyl sites for hydroxylation is 1. The van der Waals surface area contributed by atoms with Crippen LogP contribution in [0.5, 0.6) is 0 Å². The maximum absolute atomic E-state index is 14.6. The number of nitrogens with zero attached hydrogens (tertiary/aromatic N) is 3. The molecule has 0 bridgehead atoms. The second kappa shape index (κ2) is 6.44. The van der Waals surface area contributed by atoms with Crippen LogP contribution in [0.2, 0.25) is 0 Å². The van der Waals surface area contributed by atoms with E-state index in [-0.39, 0.29) is 5.82 Å². The summed E-state index contributed by atoms with van der Waals surface area (Å²) < 4.78 is 14.6. The molecular formula is C21H24FN5. The van der Waals surface area contributed by atoms with Crippen LogP contribution in [0.3, 0.4) is 0 Å². The normalized spacial score (nSPS) is 15.0. The number of hydrogen-bond donors (Lipinski definition) is 2. The lowest BCUT2D eigenvalue weighted by molar-refractivity contribution is 0.608. The third kappa shape index (κ3) is 3.56. The van der Waals surface area contributed by atoms with Crippen molar-refractivity contribution in [3.63, 3.8) is 0 Å². The molecule has 0 unspecified atom stereocenters. The highest BCUT2D eigenvalue weighted by Gasteiger charge is 2.36. The molecule has 140 valence electrons. The van der Waals surface area contributed by atoms with E-state index >= 15 is 0 Å². The number of aromatic nitrogens is 3.